The minimum atomic E-state index is -0.686. The molecule has 22 nitrogen and oxygen atoms in total. The average molecular weight is 906 g/mol. The molecule has 0 spiro atoms. The number of ether oxygens (including phenoxy) is 2. The summed E-state index contributed by atoms with van der Waals surface area (Å²) in [6.07, 6.45) is 1.43. The molecular weight excluding hydrogens is 851 g/mol. The van der Waals surface area contributed by atoms with Gasteiger partial charge in [0.05, 0.1) is 41.6 Å². The number of rotatable bonds is 19. The number of piperazine rings is 1. The Morgan fingerprint density at radius 2 is 1.41 bits per heavy atom. The van der Waals surface area contributed by atoms with Crippen molar-refractivity contribution in [2.24, 2.45) is 11.5 Å². The summed E-state index contributed by atoms with van der Waals surface area (Å²) in [7, 11) is 0. The Morgan fingerprint density at radius 1 is 0.803 bits per heavy atom. The smallest absolute Gasteiger partial charge is 0.276 e. The SMILES string of the molecule is CCn1nc(C)cc1C(=O)Nc1nc2cc(C(N)=O)cc(OCCCNC(=O)CN3CCNCC3)c2n1CCC[C@H]1COc2cc(C(N)=O)cc3nc(NC(=O)c4cc(C)nn4CC)n1c23. The fourth-order valence-corrected chi connectivity index (χ4v) is 8.52. The van der Waals surface area contributed by atoms with Gasteiger partial charge in [0.2, 0.25) is 29.6 Å². The van der Waals surface area contributed by atoms with E-state index in [1.54, 1.807) is 52.7 Å². The van der Waals surface area contributed by atoms with E-state index in [0.29, 0.717) is 108 Å². The molecule has 0 bridgehead atoms. The summed E-state index contributed by atoms with van der Waals surface area (Å²) in [5, 5.41) is 21.1. The standard InChI is InChI=1S/C44H55N15O7/c1-5-57-32(17-25(3)53-57)41(63)51-43-49-30-19-27(39(45)61)21-34(65-16-8-10-48-36(60)23-55-14-11-47-12-15-55)37(30)56(43)13-7-9-29-24-66-35-22-28(40(46)62)20-31-38(35)59(29)44(50-31)52-42(64)33-18-26(4)54-58(33)6-2/h17-22,29,47H,5-16,23-24H2,1-4H3,(H2,45,61)(H2,46,62)(H,48,60)(H,49,51,63)(H,50,52,64)/t29-/m0/s1. The summed E-state index contributed by atoms with van der Waals surface area (Å²) in [6, 6.07) is 9.30. The first kappa shape index (κ1) is 45.2. The summed E-state index contributed by atoms with van der Waals surface area (Å²) in [5.41, 5.74) is 15.8. The lowest BCUT2D eigenvalue weighted by Gasteiger charge is -2.27. The molecule has 1 atom stereocenters. The van der Waals surface area contributed by atoms with Gasteiger partial charge in [0, 0.05) is 63.5 Å². The molecule has 2 aromatic carbocycles. The molecule has 8 rings (SSSR count). The van der Waals surface area contributed by atoms with E-state index in [4.69, 9.17) is 30.9 Å². The zero-order valence-electron chi connectivity index (χ0n) is 37.5. The number of carbonyl (C=O) groups excluding carboxylic acids is 5. The highest BCUT2D eigenvalue weighted by atomic mass is 16.5. The van der Waals surface area contributed by atoms with Gasteiger partial charge in [-0.3, -0.25) is 48.9 Å². The van der Waals surface area contributed by atoms with Gasteiger partial charge in [-0.05, 0) is 83.4 Å². The second kappa shape index (κ2) is 19.4. The molecule has 0 unspecified atom stereocenters. The van der Waals surface area contributed by atoms with Crippen LogP contribution in [0.4, 0.5) is 11.9 Å². The van der Waals surface area contributed by atoms with Gasteiger partial charge < -0.3 is 40.7 Å². The highest BCUT2D eigenvalue weighted by Gasteiger charge is 2.30. The van der Waals surface area contributed by atoms with E-state index < -0.39 is 23.6 Å². The van der Waals surface area contributed by atoms with Gasteiger partial charge in [0.1, 0.15) is 40.5 Å². The number of benzene rings is 2. The molecule has 22 heteroatoms. The number of amides is 5. The number of carbonyl (C=O) groups is 5. The molecular formula is C44H55N15O7. The number of nitrogens with two attached hydrogens (primary N) is 2. The van der Waals surface area contributed by atoms with Crippen LogP contribution in [-0.2, 0) is 24.4 Å². The Balaban J connectivity index is 1.08. The first-order valence-corrected chi connectivity index (χ1v) is 22.2. The Morgan fingerprint density at radius 3 is 2.05 bits per heavy atom. The number of hydrogen-bond acceptors (Lipinski definition) is 13. The summed E-state index contributed by atoms with van der Waals surface area (Å²) in [4.78, 5) is 76.9. The van der Waals surface area contributed by atoms with Crippen molar-refractivity contribution in [2.45, 2.75) is 72.6 Å². The molecule has 6 aromatic rings. The Hall–Kier alpha value is -7.33. The third kappa shape index (κ3) is 9.54. The summed E-state index contributed by atoms with van der Waals surface area (Å²) >= 11 is 0. The van der Waals surface area contributed by atoms with Crippen LogP contribution in [0, 0.1) is 13.8 Å². The number of nitrogens with zero attached hydrogens (tertiary/aromatic N) is 9. The lowest BCUT2D eigenvalue weighted by molar-refractivity contribution is -0.122. The highest BCUT2D eigenvalue weighted by Crippen LogP contribution is 2.39. The minimum Gasteiger partial charge on any atom is -0.491 e. The Labute approximate surface area is 379 Å². The maximum atomic E-state index is 13.9. The van der Waals surface area contributed by atoms with E-state index in [1.807, 2.05) is 29.9 Å². The fraction of sp³-hybridized carbons (Fsp3) is 0.432. The van der Waals surface area contributed by atoms with E-state index in [9.17, 15) is 24.0 Å². The van der Waals surface area contributed by atoms with E-state index in [-0.39, 0.29) is 48.2 Å². The molecule has 2 aliphatic heterocycles. The van der Waals surface area contributed by atoms with Crippen LogP contribution in [0.25, 0.3) is 22.1 Å². The van der Waals surface area contributed by atoms with Crippen molar-refractivity contribution in [1.82, 2.24) is 54.2 Å². The van der Waals surface area contributed by atoms with Crippen LogP contribution < -0.4 is 42.2 Å². The van der Waals surface area contributed by atoms with Crippen molar-refractivity contribution in [2.75, 3.05) is 63.1 Å². The van der Waals surface area contributed by atoms with Gasteiger partial charge in [-0.1, -0.05) is 0 Å². The Kier molecular flexibility index (Phi) is 13.3. The topological polar surface area (TPSA) is 278 Å². The van der Waals surface area contributed by atoms with Crippen molar-refractivity contribution in [3.8, 4) is 11.5 Å². The summed E-state index contributed by atoms with van der Waals surface area (Å²) < 4.78 is 19.6. The van der Waals surface area contributed by atoms with E-state index >= 15 is 0 Å². The van der Waals surface area contributed by atoms with Crippen LogP contribution in [0.3, 0.4) is 0 Å². The van der Waals surface area contributed by atoms with Crippen LogP contribution >= 0.6 is 0 Å². The van der Waals surface area contributed by atoms with Crippen LogP contribution in [-0.4, -0.2) is 126 Å². The quantitative estimate of drug-likeness (QED) is 0.0638. The molecule has 5 amide bonds. The molecule has 2 aliphatic rings. The molecule has 0 saturated carbocycles. The third-order valence-corrected chi connectivity index (χ3v) is 11.6. The van der Waals surface area contributed by atoms with E-state index in [0.717, 1.165) is 26.2 Å². The largest absolute Gasteiger partial charge is 0.491 e. The van der Waals surface area contributed by atoms with E-state index in [2.05, 4.69) is 36.4 Å². The Bertz CT molecular complexity index is 2830. The maximum absolute atomic E-state index is 13.9. The third-order valence-electron chi connectivity index (χ3n) is 11.6. The highest BCUT2D eigenvalue weighted by molar-refractivity contribution is 6.05. The molecule has 4 aromatic heterocycles. The van der Waals surface area contributed by atoms with Gasteiger partial charge in [0.15, 0.2) is 0 Å². The average Bonchev–Trinajstić information content (AvgIpc) is 4.07. The van der Waals surface area contributed by atoms with Crippen molar-refractivity contribution in [1.29, 1.82) is 0 Å². The number of fused-ring (bicyclic) bond motifs is 1. The number of aryl methyl sites for hydroxylation is 5. The zero-order valence-corrected chi connectivity index (χ0v) is 37.5. The first-order chi connectivity index (χ1) is 31.8. The van der Waals surface area contributed by atoms with Gasteiger partial charge in [0.25, 0.3) is 11.8 Å². The molecule has 66 heavy (non-hydrogen) atoms. The van der Waals surface area contributed by atoms with E-state index in [1.165, 1.54) is 0 Å². The van der Waals surface area contributed by atoms with Crippen molar-refractivity contribution in [3.63, 3.8) is 0 Å². The predicted molar refractivity (Wildman–Crippen MR) is 244 cm³/mol. The van der Waals surface area contributed by atoms with Crippen molar-refractivity contribution < 1.29 is 33.4 Å². The molecule has 6 heterocycles. The van der Waals surface area contributed by atoms with Crippen molar-refractivity contribution in [3.05, 3.63) is 70.3 Å². The van der Waals surface area contributed by atoms with Crippen LogP contribution in [0.15, 0.2) is 36.4 Å². The van der Waals surface area contributed by atoms with Crippen LogP contribution in [0.2, 0.25) is 0 Å². The zero-order chi connectivity index (χ0) is 46.6. The number of imidazole rings is 2. The van der Waals surface area contributed by atoms with Gasteiger partial charge in [-0.2, -0.15) is 10.2 Å². The van der Waals surface area contributed by atoms with Gasteiger partial charge >= 0.3 is 0 Å². The predicted octanol–water partition coefficient (Wildman–Crippen LogP) is 2.34. The normalized spacial score (nSPS) is 14.9. The maximum Gasteiger partial charge on any atom is 0.276 e. The van der Waals surface area contributed by atoms with Gasteiger partial charge in [-0.25, -0.2) is 9.97 Å². The lowest BCUT2D eigenvalue weighted by atomic mass is 10.1. The summed E-state index contributed by atoms with van der Waals surface area (Å²) in [6.45, 7) is 13.0. The number of primary amides is 2. The molecule has 0 aliphatic carbocycles. The number of anilines is 2. The number of hydrogen-bond donors (Lipinski definition) is 6. The fourth-order valence-electron chi connectivity index (χ4n) is 8.52. The van der Waals surface area contributed by atoms with Crippen LogP contribution in [0.5, 0.6) is 11.5 Å². The molecule has 8 N–H and O–H groups in total. The second-order valence-corrected chi connectivity index (χ2v) is 16.4. The monoisotopic (exact) mass is 905 g/mol. The lowest BCUT2D eigenvalue weighted by Crippen LogP contribution is -2.47. The second-order valence-electron chi connectivity index (χ2n) is 16.4. The number of aromatic nitrogens is 8. The van der Waals surface area contributed by atoms with Gasteiger partial charge in [-0.15, -0.1) is 0 Å². The van der Waals surface area contributed by atoms with Crippen molar-refractivity contribution >= 4 is 63.5 Å². The number of nitrogens with one attached hydrogen (secondary N) is 4. The molecule has 0 radical (unpaired) electrons. The first-order valence-electron chi connectivity index (χ1n) is 22.2. The molecule has 348 valence electrons. The van der Waals surface area contributed by atoms with Crippen LogP contribution in [0.1, 0.15) is 92.2 Å². The molecule has 1 fully saturated rings. The molecule has 1 saturated heterocycles. The minimum absolute atomic E-state index is 0.0692. The summed E-state index contributed by atoms with van der Waals surface area (Å²) in [5.74, 6) is -1.07.